The molecule has 0 saturated heterocycles. The highest BCUT2D eigenvalue weighted by Crippen LogP contribution is 2.29. The second kappa shape index (κ2) is 4.06. The molecule has 3 nitrogen and oxygen atoms in total. The van der Waals surface area contributed by atoms with Crippen LogP contribution in [0.1, 0.15) is 0 Å². The third-order valence-corrected chi connectivity index (χ3v) is 2.53. The minimum Gasteiger partial charge on any atom is -0.408 e. The second-order valence-corrected chi connectivity index (χ2v) is 3.51. The number of thioether (sulfide) groups is 1. The van der Waals surface area contributed by atoms with Gasteiger partial charge in [0, 0.05) is 0 Å². The molecule has 0 N–H and O–H groups in total. The first-order valence-corrected chi connectivity index (χ1v) is 5.31. The monoisotopic (exact) mass is 231 g/mol. The predicted octanol–water partition coefficient (Wildman–Crippen LogP) is 3.15. The number of aromatic nitrogens is 1. The lowest BCUT2D eigenvalue weighted by Gasteiger charge is -1.96. The largest absolute Gasteiger partial charge is 0.408 e. The van der Waals surface area contributed by atoms with Crippen molar-refractivity contribution in [3.63, 3.8) is 0 Å². The molecule has 0 unspecified atom stereocenters. The van der Waals surface area contributed by atoms with Gasteiger partial charge in [0.25, 0.3) is 0 Å². The topological polar surface area (TPSA) is 35.3 Å². The van der Waals surface area contributed by atoms with Crippen molar-refractivity contribution in [3.8, 4) is 6.08 Å². The van der Waals surface area contributed by atoms with Crippen molar-refractivity contribution in [1.29, 1.82) is 0 Å². The third kappa shape index (κ3) is 2.04. The van der Waals surface area contributed by atoms with E-state index < -0.39 is 12.7 Å². The lowest BCUT2D eigenvalue weighted by atomic mass is 10.3. The first-order chi connectivity index (χ1) is 7.20. The highest BCUT2D eigenvalue weighted by molar-refractivity contribution is 7.98. The summed E-state index contributed by atoms with van der Waals surface area (Å²) in [5, 5.41) is 0. The maximum atomic E-state index is 11.9. The summed E-state index contributed by atoms with van der Waals surface area (Å²) in [6, 6.07) is 5.28. The number of oxazole rings is 1. The Morgan fingerprint density at radius 3 is 2.93 bits per heavy atom. The van der Waals surface area contributed by atoms with Crippen LogP contribution in [0, 0.1) is 0 Å². The quantitative estimate of drug-likeness (QED) is 0.760. The Balaban J connectivity index is 2.45. The van der Waals surface area contributed by atoms with E-state index in [1.165, 1.54) is 11.8 Å². The molecule has 2 aromatic rings. The van der Waals surface area contributed by atoms with Gasteiger partial charge in [0.05, 0.1) is 4.90 Å². The summed E-state index contributed by atoms with van der Waals surface area (Å²) in [7, 11) is 0. The highest BCUT2D eigenvalue weighted by atomic mass is 32.2. The molecule has 0 radical (unpaired) electrons. The van der Waals surface area contributed by atoms with E-state index in [9.17, 15) is 8.78 Å². The second-order valence-electron chi connectivity index (χ2n) is 2.67. The van der Waals surface area contributed by atoms with E-state index in [0.29, 0.717) is 11.1 Å². The van der Waals surface area contributed by atoms with Crippen LogP contribution < -0.4 is 4.74 Å². The van der Waals surface area contributed by atoms with E-state index in [1.54, 1.807) is 12.1 Å². The molecule has 15 heavy (non-hydrogen) atoms. The van der Waals surface area contributed by atoms with Gasteiger partial charge in [0.2, 0.25) is 0 Å². The molecule has 1 aromatic heterocycles. The van der Waals surface area contributed by atoms with Crippen molar-refractivity contribution in [2.45, 2.75) is 11.5 Å². The van der Waals surface area contributed by atoms with Crippen LogP contribution in [-0.2, 0) is 0 Å². The molecule has 0 aliphatic rings. The molecule has 80 valence electrons. The number of hydrogen-bond acceptors (Lipinski definition) is 4. The number of ether oxygens (including phenoxy) is 1. The van der Waals surface area contributed by atoms with Crippen LogP contribution in [0.4, 0.5) is 8.78 Å². The van der Waals surface area contributed by atoms with Crippen LogP contribution in [0.5, 0.6) is 6.08 Å². The molecule has 0 bridgehead atoms. The molecule has 2 rings (SSSR count). The number of benzene rings is 1. The van der Waals surface area contributed by atoms with Crippen LogP contribution in [0.3, 0.4) is 0 Å². The molecule has 0 atom stereocenters. The third-order valence-electron chi connectivity index (χ3n) is 1.77. The first kappa shape index (κ1) is 10.2. The first-order valence-electron chi connectivity index (χ1n) is 4.09. The van der Waals surface area contributed by atoms with Gasteiger partial charge in [-0.25, -0.2) is 0 Å². The summed E-state index contributed by atoms with van der Waals surface area (Å²) in [5.41, 5.74) is 0.984. The fourth-order valence-electron chi connectivity index (χ4n) is 1.19. The van der Waals surface area contributed by atoms with E-state index in [1.807, 2.05) is 12.3 Å². The summed E-state index contributed by atoms with van der Waals surface area (Å²) in [6.07, 6.45) is 1.46. The Morgan fingerprint density at radius 1 is 1.47 bits per heavy atom. The van der Waals surface area contributed by atoms with Crippen molar-refractivity contribution in [1.82, 2.24) is 4.98 Å². The standard InChI is InChI=1S/C9H7F2NO2S/c1-15-6-4-2-3-5-7(6)13-9(12-5)14-8(10)11/h2-4,8H,1H3. The average molecular weight is 231 g/mol. The van der Waals surface area contributed by atoms with Gasteiger partial charge in [0.15, 0.2) is 5.58 Å². The fourth-order valence-corrected chi connectivity index (χ4v) is 1.74. The van der Waals surface area contributed by atoms with Gasteiger partial charge in [-0.15, -0.1) is 11.8 Å². The van der Waals surface area contributed by atoms with Crippen LogP contribution in [0.25, 0.3) is 11.1 Å². The van der Waals surface area contributed by atoms with Crippen LogP contribution >= 0.6 is 11.8 Å². The number of hydrogen-bond donors (Lipinski definition) is 0. The van der Waals surface area contributed by atoms with Crippen molar-refractivity contribution >= 4 is 22.9 Å². The molecular weight excluding hydrogens is 224 g/mol. The molecule has 0 aliphatic heterocycles. The Kier molecular flexibility index (Phi) is 2.77. The van der Waals surface area contributed by atoms with Crippen molar-refractivity contribution in [2.24, 2.45) is 0 Å². The van der Waals surface area contributed by atoms with E-state index in [-0.39, 0.29) is 0 Å². The minimum absolute atomic E-state index is 0.401. The average Bonchev–Trinajstić information content (AvgIpc) is 2.58. The van der Waals surface area contributed by atoms with Crippen LogP contribution in [0.2, 0.25) is 0 Å². The zero-order valence-corrected chi connectivity index (χ0v) is 8.55. The van der Waals surface area contributed by atoms with Gasteiger partial charge in [-0.1, -0.05) is 6.07 Å². The number of halogens is 2. The maximum Gasteiger partial charge on any atom is 0.399 e. The minimum atomic E-state index is -2.92. The molecule has 0 spiro atoms. The van der Waals surface area contributed by atoms with E-state index in [0.717, 1.165) is 4.90 Å². The molecule has 6 heteroatoms. The molecule has 0 saturated carbocycles. The fraction of sp³-hybridized carbons (Fsp3) is 0.222. The van der Waals surface area contributed by atoms with E-state index in [2.05, 4.69) is 9.72 Å². The van der Waals surface area contributed by atoms with E-state index in [4.69, 9.17) is 4.42 Å². The van der Waals surface area contributed by atoms with Crippen LogP contribution in [0.15, 0.2) is 27.5 Å². The number of nitrogens with zero attached hydrogens (tertiary/aromatic N) is 1. The van der Waals surface area contributed by atoms with Gasteiger partial charge >= 0.3 is 12.7 Å². The van der Waals surface area contributed by atoms with Gasteiger partial charge in [-0.2, -0.15) is 13.8 Å². The molecule has 0 amide bonds. The summed E-state index contributed by atoms with van der Waals surface area (Å²) in [4.78, 5) is 4.62. The Morgan fingerprint density at radius 2 is 2.27 bits per heavy atom. The molecule has 1 heterocycles. The van der Waals surface area contributed by atoms with Gasteiger partial charge in [-0.05, 0) is 18.4 Å². The number of fused-ring (bicyclic) bond motifs is 1. The number of rotatable bonds is 3. The number of alkyl halides is 2. The molecule has 1 aromatic carbocycles. The molecular formula is C9H7F2NO2S. The summed E-state index contributed by atoms with van der Waals surface area (Å²) in [6.45, 7) is -2.92. The molecule has 0 aliphatic carbocycles. The van der Waals surface area contributed by atoms with Gasteiger partial charge in [-0.3, -0.25) is 0 Å². The lowest BCUT2D eigenvalue weighted by Crippen LogP contribution is -2.01. The number of para-hydroxylation sites is 1. The van der Waals surface area contributed by atoms with E-state index >= 15 is 0 Å². The summed E-state index contributed by atoms with van der Waals surface area (Å²) in [5.74, 6) is 0. The van der Waals surface area contributed by atoms with Gasteiger partial charge in [0.1, 0.15) is 5.52 Å². The normalized spacial score (nSPS) is 11.2. The predicted molar refractivity (Wildman–Crippen MR) is 52.4 cm³/mol. The zero-order chi connectivity index (χ0) is 10.8. The smallest absolute Gasteiger partial charge is 0.399 e. The van der Waals surface area contributed by atoms with Crippen molar-refractivity contribution < 1.29 is 17.9 Å². The van der Waals surface area contributed by atoms with Crippen molar-refractivity contribution in [3.05, 3.63) is 18.2 Å². The SMILES string of the molecule is CSc1cccc2nc(OC(F)F)oc12. The van der Waals surface area contributed by atoms with Gasteiger partial charge < -0.3 is 9.15 Å². The Hall–Kier alpha value is -1.30. The Labute approximate surface area is 88.4 Å². The maximum absolute atomic E-state index is 11.9. The zero-order valence-electron chi connectivity index (χ0n) is 7.74. The summed E-state index contributed by atoms with van der Waals surface area (Å²) < 4.78 is 33.0. The van der Waals surface area contributed by atoms with Crippen molar-refractivity contribution in [2.75, 3.05) is 6.26 Å². The Bertz CT molecular complexity index is 472. The van der Waals surface area contributed by atoms with Crippen LogP contribution in [-0.4, -0.2) is 17.9 Å². The lowest BCUT2D eigenvalue weighted by molar-refractivity contribution is -0.0664. The highest BCUT2D eigenvalue weighted by Gasteiger charge is 2.13. The molecule has 0 fully saturated rings. The summed E-state index contributed by atoms with van der Waals surface area (Å²) >= 11 is 1.45.